The Bertz CT molecular complexity index is 1510. The number of benzene rings is 3. The van der Waals surface area contributed by atoms with Crippen molar-refractivity contribution in [1.29, 1.82) is 0 Å². The first-order valence-corrected chi connectivity index (χ1v) is 12.3. The molecule has 2 aliphatic heterocycles. The molecule has 0 aliphatic carbocycles. The summed E-state index contributed by atoms with van der Waals surface area (Å²) in [6.45, 7) is 4.13. The Balaban J connectivity index is 1.47. The van der Waals surface area contributed by atoms with E-state index in [2.05, 4.69) is 11.9 Å². The lowest BCUT2D eigenvalue weighted by Crippen LogP contribution is -2.54. The van der Waals surface area contributed by atoms with Crippen molar-refractivity contribution in [3.63, 3.8) is 0 Å². The van der Waals surface area contributed by atoms with Crippen molar-refractivity contribution in [2.45, 2.75) is 13.0 Å². The van der Waals surface area contributed by atoms with E-state index in [1.54, 1.807) is 36.4 Å². The van der Waals surface area contributed by atoms with Gasteiger partial charge in [0.05, 0.1) is 12.8 Å². The Hall–Kier alpha value is -4.76. The number of barbiturate groups is 1. The second-order valence-corrected chi connectivity index (χ2v) is 9.05. The van der Waals surface area contributed by atoms with Crippen LogP contribution in [0, 0.1) is 0 Å². The lowest BCUT2D eigenvalue weighted by molar-refractivity contribution is -0.122. The van der Waals surface area contributed by atoms with Crippen LogP contribution in [0.25, 0.3) is 6.08 Å². The molecule has 1 saturated heterocycles. The molecule has 10 heteroatoms. The van der Waals surface area contributed by atoms with E-state index in [-0.39, 0.29) is 24.7 Å². The third-order valence-electron chi connectivity index (χ3n) is 6.06. The Morgan fingerprint density at radius 2 is 1.82 bits per heavy atom. The summed E-state index contributed by atoms with van der Waals surface area (Å²) < 4.78 is 22.3. The molecule has 1 N–H and O–H groups in total. The molecule has 5 rings (SSSR count). The number of ether oxygens (including phenoxy) is 4. The van der Waals surface area contributed by atoms with Gasteiger partial charge in [0.15, 0.2) is 23.0 Å². The number of fused-ring (bicyclic) bond motifs is 1. The molecular formula is C29H23ClN2O7. The average Bonchev–Trinajstić information content (AvgIpc) is 3.39. The Labute approximate surface area is 229 Å². The van der Waals surface area contributed by atoms with E-state index >= 15 is 0 Å². The highest BCUT2D eigenvalue weighted by Gasteiger charge is 2.37. The molecule has 1 fully saturated rings. The second-order valence-electron chi connectivity index (χ2n) is 8.61. The third kappa shape index (κ3) is 5.30. The molecule has 0 atom stereocenters. The number of nitrogens with zero attached hydrogens (tertiary/aromatic N) is 1. The largest absolute Gasteiger partial charge is 0.493 e. The van der Waals surface area contributed by atoms with Gasteiger partial charge in [-0.3, -0.25) is 14.9 Å². The SMILES string of the molecule is C=CCc1cc(/C=C2\C(=O)NC(=O)N(c3ccc4c(c3)OCO4)C2=O)cc(OC)c1OCc1ccc(Cl)cc1. The van der Waals surface area contributed by atoms with Gasteiger partial charge in [0, 0.05) is 16.7 Å². The summed E-state index contributed by atoms with van der Waals surface area (Å²) in [5.41, 5.74) is 2.15. The number of anilines is 1. The molecule has 0 unspecified atom stereocenters. The maximum atomic E-state index is 13.4. The first-order chi connectivity index (χ1) is 18.9. The molecule has 4 amide bonds. The van der Waals surface area contributed by atoms with Crippen LogP contribution in [0.15, 0.2) is 72.8 Å². The topological polar surface area (TPSA) is 103 Å². The third-order valence-corrected chi connectivity index (χ3v) is 6.31. The summed E-state index contributed by atoms with van der Waals surface area (Å²) in [5, 5.41) is 2.85. The van der Waals surface area contributed by atoms with E-state index < -0.39 is 17.8 Å². The molecule has 2 aliphatic rings. The predicted octanol–water partition coefficient (Wildman–Crippen LogP) is 5.05. The smallest absolute Gasteiger partial charge is 0.335 e. The minimum absolute atomic E-state index is 0.0385. The van der Waals surface area contributed by atoms with Crippen molar-refractivity contribution < 1.29 is 33.3 Å². The molecule has 0 spiro atoms. The number of methoxy groups -OCH3 is 1. The van der Waals surface area contributed by atoms with E-state index in [4.69, 9.17) is 30.5 Å². The van der Waals surface area contributed by atoms with Gasteiger partial charge in [0.25, 0.3) is 11.8 Å². The summed E-state index contributed by atoms with van der Waals surface area (Å²) >= 11 is 5.97. The number of rotatable bonds is 8. The lowest BCUT2D eigenvalue weighted by atomic mass is 10.0. The standard InChI is InChI=1S/C29H23ClN2O7/c1-3-4-19-11-18(13-25(36-2)26(19)37-15-17-5-7-20(30)8-6-17)12-22-27(33)31-29(35)32(28(22)34)21-9-10-23-24(14-21)39-16-38-23/h3,5-14H,1,4,15-16H2,2H3,(H,31,33,35)/b22-12+. The van der Waals surface area contributed by atoms with Gasteiger partial charge in [-0.25, -0.2) is 9.69 Å². The van der Waals surface area contributed by atoms with Crippen LogP contribution in [0.4, 0.5) is 10.5 Å². The van der Waals surface area contributed by atoms with Crippen LogP contribution in [0.3, 0.4) is 0 Å². The highest BCUT2D eigenvalue weighted by Crippen LogP contribution is 2.37. The zero-order chi connectivity index (χ0) is 27.5. The van der Waals surface area contributed by atoms with Crippen molar-refractivity contribution in [3.8, 4) is 23.0 Å². The molecule has 2 heterocycles. The molecule has 3 aromatic carbocycles. The lowest BCUT2D eigenvalue weighted by Gasteiger charge is -2.26. The van der Waals surface area contributed by atoms with E-state index in [0.29, 0.717) is 40.0 Å². The molecule has 0 radical (unpaired) electrons. The number of carbonyl (C=O) groups is 3. The number of hydrogen-bond acceptors (Lipinski definition) is 7. The number of amides is 4. The van der Waals surface area contributed by atoms with Crippen molar-refractivity contribution >= 4 is 41.2 Å². The van der Waals surface area contributed by atoms with Crippen LogP contribution in [0.1, 0.15) is 16.7 Å². The number of imide groups is 2. The quantitative estimate of drug-likeness (QED) is 0.239. The Morgan fingerprint density at radius 1 is 1.05 bits per heavy atom. The van der Waals surface area contributed by atoms with Gasteiger partial charge < -0.3 is 18.9 Å². The van der Waals surface area contributed by atoms with Crippen molar-refractivity contribution in [1.82, 2.24) is 5.32 Å². The summed E-state index contributed by atoms with van der Waals surface area (Å²) in [5.74, 6) is 0.206. The maximum absolute atomic E-state index is 13.4. The molecule has 0 saturated carbocycles. The molecular weight excluding hydrogens is 524 g/mol. The van der Waals surface area contributed by atoms with Gasteiger partial charge in [0.1, 0.15) is 12.2 Å². The van der Waals surface area contributed by atoms with Gasteiger partial charge in [0.2, 0.25) is 6.79 Å². The first-order valence-electron chi connectivity index (χ1n) is 11.9. The predicted molar refractivity (Wildman–Crippen MR) is 144 cm³/mol. The fourth-order valence-corrected chi connectivity index (χ4v) is 4.33. The zero-order valence-corrected chi connectivity index (χ0v) is 21.6. The van der Waals surface area contributed by atoms with Crippen LogP contribution in [0.2, 0.25) is 5.02 Å². The van der Waals surface area contributed by atoms with E-state index in [9.17, 15) is 14.4 Å². The Kier molecular flexibility index (Phi) is 7.25. The number of urea groups is 1. The van der Waals surface area contributed by atoms with Crippen LogP contribution in [0.5, 0.6) is 23.0 Å². The molecule has 0 aromatic heterocycles. The van der Waals surface area contributed by atoms with Crippen molar-refractivity contribution in [2.24, 2.45) is 0 Å². The fourth-order valence-electron chi connectivity index (χ4n) is 4.21. The number of hydrogen-bond donors (Lipinski definition) is 1. The van der Waals surface area contributed by atoms with Crippen molar-refractivity contribution in [2.75, 3.05) is 18.8 Å². The minimum atomic E-state index is -0.864. The summed E-state index contributed by atoms with van der Waals surface area (Å²) in [4.78, 5) is 39.6. The highest BCUT2D eigenvalue weighted by molar-refractivity contribution is 6.39. The molecule has 198 valence electrons. The van der Waals surface area contributed by atoms with Gasteiger partial charge in [-0.15, -0.1) is 6.58 Å². The van der Waals surface area contributed by atoms with E-state index in [0.717, 1.165) is 16.0 Å². The molecule has 0 bridgehead atoms. The van der Waals surface area contributed by atoms with E-state index in [1.165, 1.54) is 25.3 Å². The normalized spacial score (nSPS) is 15.4. The summed E-state index contributed by atoms with van der Waals surface area (Å²) in [6, 6.07) is 14.5. The summed E-state index contributed by atoms with van der Waals surface area (Å²) in [6.07, 6.45) is 3.55. The first kappa shape index (κ1) is 25.9. The molecule has 39 heavy (non-hydrogen) atoms. The molecule has 9 nitrogen and oxygen atoms in total. The van der Waals surface area contributed by atoms with Gasteiger partial charge >= 0.3 is 6.03 Å². The van der Waals surface area contributed by atoms with Crippen LogP contribution in [-0.2, 0) is 22.6 Å². The highest BCUT2D eigenvalue weighted by atomic mass is 35.5. The fraction of sp³-hybridized carbons (Fsp3) is 0.138. The number of halogens is 1. The van der Waals surface area contributed by atoms with Gasteiger partial charge in [-0.2, -0.15) is 0 Å². The molecule has 3 aromatic rings. The number of nitrogens with one attached hydrogen (secondary N) is 1. The average molecular weight is 547 g/mol. The maximum Gasteiger partial charge on any atom is 0.335 e. The van der Waals surface area contributed by atoms with Crippen LogP contribution >= 0.6 is 11.6 Å². The van der Waals surface area contributed by atoms with Crippen molar-refractivity contribution in [3.05, 3.63) is 94.5 Å². The number of allylic oxidation sites excluding steroid dienone is 1. The van der Waals surface area contributed by atoms with E-state index in [1.807, 2.05) is 12.1 Å². The van der Waals surface area contributed by atoms with Crippen LogP contribution in [-0.4, -0.2) is 31.7 Å². The van der Waals surface area contributed by atoms with Gasteiger partial charge in [-0.1, -0.05) is 29.8 Å². The zero-order valence-electron chi connectivity index (χ0n) is 20.9. The Morgan fingerprint density at radius 3 is 2.56 bits per heavy atom. The van der Waals surface area contributed by atoms with Crippen LogP contribution < -0.4 is 29.2 Å². The number of carbonyl (C=O) groups excluding carboxylic acids is 3. The monoisotopic (exact) mass is 546 g/mol. The minimum Gasteiger partial charge on any atom is -0.493 e. The van der Waals surface area contributed by atoms with Gasteiger partial charge in [-0.05, 0) is 60.0 Å². The second kappa shape index (κ2) is 10.9. The summed E-state index contributed by atoms with van der Waals surface area (Å²) in [7, 11) is 1.50.